The Hall–Kier alpha value is -3.46. The quantitative estimate of drug-likeness (QED) is 0.155. The third kappa shape index (κ3) is 9.17. The fourth-order valence-electron chi connectivity index (χ4n) is 4.31. The first-order valence-corrected chi connectivity index (χ1v) is 13.2. The molecule has 196 valence electrons. The van der Waals surface area contributed by atoms with Crippen LogP contribution in [0, 0.1) is 6.42 Å². The number of aryl methyl sites for hydroxylation is 1. The summed E-state index contributed by atoms with van der Waals surface area (Å²) in [7, 11) is 0. The Morgan fingerprint density at radius 3 is 2.54 bits per heavy atom. The molecular weight excluding hydrogens is 464 g/mol. The SMILES string of the molecule is C[CH+]CC(C[NH3+])NCCCC([NH3+])C(=O)NC(CCc1ccccc1)C(=O)Nc1c[nH+]c2ccccc2c1. The Bertz CT molecular complexity index is 1120. The molecule has 0 aliphatic heterocycles. The standard InChI is InChI=1S/C29H38N6O2/c1-2-9-23(19-30)32-17-8-13-25(31)28(36)35-27(16-15-21-10-4-3-5-11-21)29(37)34-24-18-22-12-6-7-14-26(22)33-20-24/h2-7,10-12,14,18,20,23,25,27,32H,8-9,13,15-17,19,30-31H2,1H3,(H-,34,35,36,37)/p+4. The van der Waals surface area contributed by atoms with Crippen LogP contribution in [-0.4, -0.2) is 43.0 Å². The number of pyridine rings is 1. The number of carbonyl (C=O) groups excluding carboxylic acids is 2. The largest absolute Gasteiger partial charge is 0.356 e. The maximum atomic E-state index is 13.3. The van der Waals surface area contributed by atoms with E-state index in [2.05, 4.69) is 38.8 Å². The fourth-order valence-corrected chi connectivity index (χ4v) is 4.31. The number of para-hydroxylation sites is 1. The van der Waals surface area contributed by atoms with Crippen LogP contribution in [0.4, 0.5) is 5.69 Å². The van der Waals surface area contributed by atoms with Crippen LogP contribution >= 0.6 is 0 Å². The van der Waals surface area contributed by atoms with Crippen molar-refractivity contribution in [2.75, 3.05) is 18.4 Å². The summed E-state index contributed by atoms with van der Waals surface area (Å²) in [6, 6.07) is 19.0. The average molecular weight is 507 g/mol. The predicted molar refractivity (Wildman–Crippen MR) is 146 cm³/mol. The maximum absolute atomic E-state index is 13.3. The minimum Gasteiger partial charge on any atom is -0.356 e. The summed E-state index contributed by atoms with van der Waals surface area (Å²) < 4.78 is 0. The molecule has 3 atom stereocenters. The van der Waals surface area contributed by atoms with Crippen LogP contribution in [0.1, 0.15) is 38.2 Å². The predicted octanol–water partition coefficient (Wildman–Crippen LogP) is 0.915. The maximum Gasteiger partial charge on any atom is 0.278 e. The van der Waals surface area contributed by atoms with E-state index in [1.54, 1.807) is 6.20 Å². The van der Waals surface area contributed by atoms with Gasteiger partial charge in [0.25, 0.3) is 5.91 Å². The highest BCUT2D eigenvalue weighted by atomic mass is 16.2. The van der Waals surface area contributed by atoms with Crippen LogP contribution in [0.5, 0.6) is 0 Å². The molecule has 3 rings (SSSR count). The van der Waals surface area contributed by atoms with Crippen molar-refractivity contribution in [1.29, 1.82) is 0 Å². The van der Waals surface area contributed by atoms with Gasteiger partial charge in [0.15, 0.2) is 12.2 Å². The van der Waals surface area contributed by atoms with Crippen molar-refractivity contribution in [1.82, 2.24) is 10.6 Å². The normalized spacial score (nSPS) is 13.5. The summed E-state index contributed by atoms with van der Waals surface area (Å²) in [5, 5.41) is 10.4. The Morgan fingerprint density at radius 2 is 1.78 bits per heavy atom. The lowest BCUT2D eigenvalue weighted by molar-refractivity contribution is -0.405. The lowest BCUT2D eigenvalue weighted by atomic mass is 10.0. The number of carbonyl (C=O) groups is 2. The third-order valence-corrected chi connectivity index (χ3v) is 6.52. The van der Waals surface area contributed by atoms with E-state index in [1.165, 1.54) is 0 Å². The fraction of sp³-hybridized carbons (Fsp3) is 0.379. The second-order valence-electron chi connectivity index (χ2n) is 9.47. The molecule has 0 spiro atoms. The van der Waals surface area contributed by atoms with Crippen molar-refractivity contribution in [2.45, 2.75) is 57.2 Å². The zero-order chi connectivity index (χ0) is 26.5. The van der Waals surface area contributed by atoms with Crippen molar-refractivity contribution in [3.8, 4) is 0 Å². The monoisotopic (exact) mass is 506 g/mol. The van der Waals surface area contributed by atoms with Gasteiger partial charge < -0.3 is 27.4 Å². The van der Waals surface area contributed by atoms with E-state index in [-0.39, 0.29) is 11.8 Å². The van der Waals surface area contributed by atoms with Gasteiger partial charge in [-0.05, 0) is 43.5 Å². The van der Waals surface area contributed by atoms with Gasteiger partial charge in [-0.15, -0.1) is 0 Å². The number of fused-ring (bicyclic) bond motifs is 1. The molecule has 37 heavy (non-hydrogen) atoms. The number of rotatable bonds is 15. The number of aromatic amines is 1. The molecule has 2 amide bonds. The number of anilines is 1. The van der Waals surface area contributed by atoms with Crippen molar-refractivity contribution in [3.05, 3.63) is 78.8 Å². The van der Waals surface area contributed by atoms with Gasteiger partial charge in [0.05, 0.1) is 25.9 Å². The number of quaternary nitrogens is 2. The van der Waals surface area contributed by atoms with Crippen LogP contribution in [0.3, 0.4) is 0 Å². The van der Waals surface area contributed by atoms with Gasteiger partial charge >= 0.3 is 0 Å². The number of aromatic nitrogens is 1. The molecule has 0 saturated carbocycles. The molecule has 0 fully saturated rings. The van der Waals surface area contributed by atoms with E-state index < -0.39 is 12.1 Å². The molecule has 3 unspecified atom stereocenters. The zero-order valence-electron chi connectivity index (χ0n) is 21.8. The first-order valence-electron chi connectivity index (χ1n) is 13.2. The summed E-state index contributed by atoms with van der Waals surface area (Å²) in [6.45, 7) is 3.68. The summed E-state index contributed by atoms with van der Waals surface area (Å²) in [4.78, 5) is 29.5. The molecular formula is C29H42N6O2+4. The van der Waals surface area contributed by atoms with Crippen LogP contribution in [-0.2, 0) is 16.0 Å². The molecule has 1 aromatic heterocycles. The van der Waals surface area contributed by atoms with Crippen molar-refractivity contribution >= 4 is 28.4 Å². The molecule has 0 bridgehead atoms. The van der Waals surface area contributed by atoms with E-state index in [9.17, 15) is 9.59 Å². The summed E-state index contributed by atoms with van der Waals surface area (Å²) >= 11 is 0. The van der Waals surface area contributed by atoms with Gasteiger partial charge in [0.1, 0.15) is 18.2 Å². The molecule has 0 aliphatic rings. The minimum atomic E-state index is -0.669. The smallest absolute Gasteiger partial charge is 0.278 e. The van der Waals surface area contributed by atoms with Gasteiger partial charge in [-0.3, -0.25) is 9.59 Å². The highest BCUT2D eigenvalue weighted by Crippen LogP contribution is 2.14. The van der Waals surface area contributed by atoms with Crippen LogP contribution in [0.2, 0.25) is 0 Å². The second kappa shape index (κ2) is 14.9. The molecule has 8 heteroatoms. The second-order valence-corrected chi connectivity index (χ2v) is 9.47. The first-order chi connectivity index (χ1) is 18.0. The third-order valence-electron chi connectivity index (χ3n) is 6.52. The molecule has 8 nitrogen and oxygen atoms in total. The summed E-state index contributed by atoms with van der Waals surface area (Å²) in [5.41, 5.74) is 10.8. The van der Waals surface area contributed by atoms with Crippen molar-refractivity contribution in [2.24, 2.45) is 0 Å². The van der Waals surface area contributed by atoms with E-state index in [0.29, 0.717) is 31.0 Å². The van der Waals surface area contributed by atoms with Gasteiger partial charge in [0, 0.05) is 17.9 Å². The van der Waals surface area contributed by atoms with Gasteiger partial charge in [0.2, 0.25) is 11.4 Å². The Balaban J connectivity index is 1.59. The number of hydrogen-bond acceptors (Lipinski definition) is 3. The molecule has 2 aromatic carbocycles. The van der Waals surface area contributed by atoms with Crippen LogP contribution in [0.15, 0.2) is 66.9 Å². The van der Waals surface area contributed by atoms with Crippen molar-refractivity contribution < 1.29 is 26.0 Å². The lowest BCUT2D eigenvalue weighted by Gasteiger charge is -2.20. The number of benzene rings is 2. The number of H-pyrrole nitrogens is 1. The van der Waals surface area contributed by atoms with E-state index >= 15 is 0 Å². The average Bonchev–Trinajstić information content (AvgIpc) is 2.92. The van der Waals surface area contributed by atoms with E-state index in [0.717, 1.165) is 42.4 Å². The summed E-state index contributed by atoms with van der Waals surface area (Å²) in [6.07, 6.45) is 7.52. The Labute approximate surface area is 219 Å². The minimum absolute atomic E-state index is 0.200. The Morgan fingerprint density at radius 1 is 1.03 bits per heavy atom. The van der Waals surface area contributed by atoms with E-state index in [4.69, 9.17) is 0 Å². The molecule has 0 saturated heterocycles. The Kier molecular flexibility index (Phi) is 11.4. The van der Waals surface area contributed by atoms with Gasteiger partial charge in [-0.2, -0.15) is 0 Å². The summed E-state index contributed by atoms with van der Waals surface area (Å²) in [5.74, 6) is -0.440. The lowest BCUT2D eigenvalue weighted by Crippen LogP contribution is -2.68. The van der Waals surface area contributed by atoms with Gasteiger partial charge in [-0.1, -0.05) is 42.5 Å². The topological polar surface area (TPSA) is 140 Å². The molecule has 0 radical (unpaired) electrons. The number of hydrogen-bond donors (Lipinski definition) is 5. The van der Waals surface area contributed by atoms with Crippen LogP contribution < -0.4 is 32.4 Å². The highest BCUT2D eigenvalue weighted by molar-refractivity contribution is 5.98. The molecule has 0 aliphatic carbocycles. The number of nitrogens with one attached hydrogen (secondary N) is 4. The molecule has 10 N–H and O–H groups in total. The zero-order valence-corrected chi connectivity index (χ0v) is 21.8. The van der Waals surface area contributed by atoms with Gasteiger partial charge in [-0.25, -0.2) is 4.98 Å². The molecule has 1 heterocycles. The van der Waals surface area contributed by atoms with Crippen molar-refractivity contribution in [3.63, 3.8) is 0 Å². The number of amides is 2. The first kappa shape index (κ1) is 28.1. The van der Waals surface area contributed by atoms with E-state index in [1.807, 2.05) is 67.6 Å². The molecule has 3 aromatic rings. The highest BCUT2D eigenvalue weighted by Gasteiger charge is 2.26. The van der Waals surface area contributed by atoms with Crippen LogP contribution in [0.25, 0.3) is 10.9 Å².